The highest BCUT2D eigenvalue weighted by molar-refractivity contribution is 6.00. The molecule has 1 heterocycles. The first-order valence-electron chi connectivity index (χ1n) is 6.75. The van der Waals surface area contributed by atoms with Gasteiger partial charge in [-0.1, -0.05) is 12.1 Å². The summed E-state index contributed by atoms with van der Waals surface area (Å²) >= 11 is 0. The molecular formula is C16H17N3O2. The number of nitrogens with two attached hydrogens (primary N) is 1. The minimum absolute atomic E-state index is 0.0108. The van der Waals surface area contributed by atoms with Crippen molar-refractivity contribution in [2.24, 2.45) is 0 Å². The number of ether oxygens (including phenoxy) is 1. The van der Waals surface area contributed by atoms with E-state index in [1.165, 1.54) is 0 Å². The molecule has 0 atom stereocenters. The maximum Gasteiger partial charge on any atom is 0.228 e. The van der Waals surface area contributed by atoms with E-state index in [2.05, 4.69) is 10.6 Å². The third kappa shape index (κ3) is 2.76. The lowest BCUT2D eigenvalue weighted by molar-refractivity contribution is -0.115. The lowest BCUT2D eigenvalue weighted by Gasteiger charge is -2.12. The largest absolute Gasteiger partial charge is 0.497 e. The number of carbonyl (C=O) groups excluding carboxylic acids is 1. The van der Waals surface area contributed by atoms with Crippen molar-refractivity contribution in [3.05, 3.63) is 47.5 Å². The van der Waals surface area contributed by atoms with E-state index in [1.807, 2.05) is 36.4 Å². The molecule has 0 radical (unpaired) electrons. The number of anilines is 3. The fraction of sp³-hybridized carbons (Fsp3) is 0.188. The minimum Gasteiger partial charge on any atom is -0.497 e. The molecule has 3 rings (SSSR count). The summed E-state index contributed by atoms with van der Waals surface area (Å²) in [4.78, 5) is 11.4. The number of carbonyl (C=O) groups is 1. The smallest absolute Gasteiger partial charge is 0.228 e. The van der Waals surface area contributed by atoms with Crippen molar-refractivity contribution < 1.29 is 9.53 Å². The predicted octanol–water partition coefficient (Wildman–Crippen LogP) is 2.38. The maximum absolute atomic E-state index is 11.4. The zero-order valence-corrected chi connectivity index (χ0v) is 11.8. The molecular weight excluding hydrogens is 266 g/mol. The van der Waals surface area contributed by atoms with Crippen molar-refractivity contribution in [2.45, 2.75) is 13.0 Å². The van der Waals surface area contributed by atoms with Crippen LogP contribution in [0.3, 0.4) is 0 Å². The van der Waals surface area contributed by atoms with Gasteiger partial charge in [0.1, 0.15) is 5.75 Å². The van der Waals surface area contributed by atoms with E-state index in [9.17, 15) is 4.79 Å². The number of fused-ring (bicyclic) bond motifs is 1. The highest BCUT2D eigenvalue weighted by atomic mass is 16.5. The lowest BCUT2D eigenvalue weighted by Crippen LogP contribution is -2.04. The average molecular weight is 283 g/mol. The van der Waals surface area contributed by atoms with Gasteiger partial charge < -0.3 is 21.1 Å². The summed E-state index contributed by atoms with van der Waals surface area (Å²) in [5.74, 6) is 0.843. The van der Waals surface area contributed by atoms with Gasteiger partial charge in [0.25, 0.3) is 0 Å². The number of hydrogen-bond acceptors (Lipinski definition) is 4. The molecule has 2 aromatic carbocycles. The molecule has 0 unspecified atom stereocenters. The molecule has 0 bridgehead atoms. The Hall–Kier alpha value is -2.69. The van der Waals surface area contributed by atoms with Crippen LogP contribution in [0.2, 0.25) is 0 Å². The van der Waals surface area contributed by atoms with E-state index >= 15 is 0 Å². The number of nitrogen functional groups attached to an aromatic ring is 1. The summed E-state index contributed by atoms with van der Waals surface area (Å²) in [6.07, 6.45) is 0.401. The van der Waals surface area contributed by atoms with Crippen LogP contribution in [0.15, 0.2) is 36.4 Å². The van der Waals surface area contributed by atoms with Crippen LogP contribution >= 0.6 is 0 Å². The number of hydrogen-bond donors (Lipinski definition) is 3. The first-order chi connectivity index (χ1) is 10.2. The van der Waals surface area contributed by atoms with Crippen LogP contribution in [0, 0.1) is 0 Å². The van der Waals surface area contributed by atoms with Gasteiger partial charge in [0.05, 0.1) is 24.9 Å². The number of amides is 1. The molecule has 108 valence electrons. The number of methoxy groups -OCH3 is 1. The number of rotatable bonds is 4. The normalized spacial score (nSPS) is 12.7. The second kappa shape index (κ2) is 5.36. The van der Waals surface area contributed by atoms with Crippen LogP contribution in [0.25, 0.3) is 0 Å². The van der Waals surface area contributed by atoms with E-state index in [-0.39, 0.29) is 5.91 Å². The third-order valence-corrected chi connectivity index (χ3v) is 3.54. The fourth-order valence-corrected chi connectivity index (χ4v) is 2.39. The third-order valence-electron chi connectivity index (χ3n) is 3.54. The summed E-state index contributed by atoms with van der Waals surface area (Å²) in [6.45, 7) is 0.654. The van der Waals surface area contributed by atoms with E-state index in [0.717, 1.165) is 28.3 Å². The maximum atomic E-state index is 11.4. The zero-order valence-electron chi connectivity index (χ0n) is 11.8. The summed E-state index contributed by atoms with van der Waals surface area (Å²) in [5.41, 5.74) is 10.4. The standard InChI is InChI=1S/C16H17N3O2/c1-21-12-4-2-10(3-5-12)9-18-15-8-14-11(6-13(15)17)7-16(20)19-14/h2-6,8,18H,7,9,17H2,1H3,(H,19,20). The topological polar surface area (TPSA) is 76.4 Å². The SMILES string of the molecule is COc1ccc(CNc2cc3c(cc2N)CC(=O)N3)cc1. The summed E-state index contributed by atoms with van der Waals surface area (Å²) in [7, 11) is 1.65. The van der Waals surface area contributed by atoms with Crippen LogP contribution in [0.1, 0.15) is 11.1 Å². The summed E-state index contributed by atoms with van der Waals surface area (Å²) in [5, 5.41) is 6.12. The molecule has 5 heteroatoms. The molecule has 5 nitrogen and oxygen atoms in total. The Kier molecular flexibility index (Phi) is 3.39. The van der Waals surface area contributed by atoms with Gasteiger partial charge in [0.2, 0.25) is 5.91 Å². The molecule has 21 heavy (non-hydrogen) atoms. The number of nitrogens with one attached hydrogen (secondary N) is 2. The first kappa shape index (κ1) is 13.3. The second-order valence-electron chi connectivity index (χ2n) is 5.02. The highest BCUT2D eigenvalue weighted by Crippen LogP contribution is 2.31. The van der Waals surface area contributed by atoms with Crippen LogP contribution in [0.4, 0.5) is 17.1 Å². The molecule has 0 aromatic heterocycles. The average Bonchev–Trinajstić information content (AvgIpc) is 2.84. The van der Waals surface area contributed by atoms with Crippen molar-refractivity contribution in [1.29, 1.82) is 0 Å². The van der Waals surface area contributed by atoms with Crippen molar-refractivity contribution in [3.63, 3.8) is 0 Å². The number of benzene rings is 2. The van der Waals surface area contributed by atoms with Crippen molar-refractivity contribution in [1.82, 2.24) is 0 Å². The van der Waals surface area contributed by atoms with Gasteiger partial charge in [-0.25, -0.2) is 0 Å². The van der Waals surface area contributed by atoms with Crippen molar-refractivity contribution >= 4 is 23.0 Å². The first-order valence-corrected chi connectivity index (χ1v) is 6.75. The Balaban J connectivity index is 1.73. The van der Waals surface area contributed by atoms with E-state index in [0.29, 0.717) is 18.7 Å². The monoisotopic (exact) mass is 283 g/mol. The van der Waals surface area contributed by atoms with Gasteiger partial charge in [-0.15, -0.1) is 0 Å². The Labute approximate surface area is 123 Å². The van der Waals surface area contributed by atoms with Crippen LogP contribution in [-0.2, 0) is 17.8 Å². The van der Waals surface area contributed by atoms with E-state index in [1.54, 1.807) is 7.11 Å². The second-order valence-corrected chi connectivity index (χ2v) is 5.02. The molecule has 1 aliphatic rings. The molecule has 1 aliphatic heterocycles. The molecule has 0 aliphatic carbocycles. The Morgan fingerprint density at radius 3 is 2.76 bits per heavy atom. The van der Waals surface area contributed by atoms with Crippen molar-refractivity contribution in [2.75, 3.05) is 23.5 Å². The van der Waals surface area contributed by atoms with Gasteiger partial charge in [0, 0.05) is 12.2 Å². The van der Waals surface area contributed by atoms with Gasteiger partial charge >= 0.3 is 0 Å². The van der Waals surface area contributed by atoms with E-state index < -0.39 is 0 Å². The minimum atomic E-state index is 0.0108. The summed E-state index contributed by atoms with van der Waals surface area (Å²) in [6, 6.07) is 11.6. The van der Waals surface area contributed by atoms with E-state index in [4.69, 9.17) is 10.5 Å². The molecule has 0 spiro atoms. The highest BCUT2D eigenvalue weighted by Gasteiger charge is 2.19. The Bertz CT molecular complexity index is 681. The van der Waals surface area contributed by atoms with Gasteiger partial charge in [-0.05, 0) is 35.4 Å². The van der Waals surface area contributed by atoms with Crippen LogP contribution in [0.5, 0.6) is 5.75 Å². The predicted molar refractivity (Wildman–Crippen MR) is 83.5 cm³/mol. The van der Waals surface area contributed by atoms with Gasteiger partial charge in [-0.2, -0.15) is 0 Å². The molecule has 1 amide bonds. The van der Waals surface area contributed by atoms with Gasteiger partial charge in [0.15, 0.2) is 0 Å². The molecule has 0 saturated heterocycles. The van der Waals surface area contributed by atoms with Gasteiger partial charge in [-0.3, -0.25) is 4.79 Å². The zero-order chi connectivity index (χ0) is 14.8. The Morgan fingerprint density at radius 2 is 2.05 bits per heavy atom. The fourth-order valence-electron chi connectivity index (χ4n) is 2.39. The molecule has 2 aromatic rings. The molecule has 0 fully saturated rings. The Morgan fingerprint density at radius 1 is 1.29 bits per heavy atom. The van der Waals surface area contributed by atoms with Crippen LogP contribution in [-0.4, -0.2) is 13.0 Å². The quantitative estimate of drug-likeness (QED) is 0.753. The molecule has 0 saturated carbocycles. The van der Waals surface area contributed by atoms with Crippen molar-refractivity contribution in [3.8, 4) is 5.75 Å². The lowest BCUT2D eigenvalue weighted by atomic mass is 10.1. The summed E-state index contributed by atoms with van der Waals surface area (Å²) < 4.78 is 5.13. The molecule has 4 N–H and O–H groups in total. The van der Waals surface area contributed by atoms with Crippen LogP contribution < -0.4 is 21.1 Å².